The van der Waals surface area contributed by atoms with Crippen LogP contribution in [0.4, 0.5) is 21.9 Å². The fourth-order valence-electron chi connectivity index (χ4n) is 4.10. The molecule has 206 valence electrons. The van der Waals surface area contributed by atoms with E-state index in [1.807, 2.05) is 36.4 Å². The summed E-state index contributed by atoms with van der Waals surface area (Å²) in [5.41, 5.74) is 8.03. The van der Waals surface area contributed by atoms with Gasteiger partial charge >= 0.3 is 6.09 Å². The molecule has 0 bridgehead atoms. The zero-order valence-electron chi connectivity index (χ0n) is 21.9. The average Bonchev–Trinajstić information content (AvgIpc) is 2.97. The van der Waals surface area contributed by atoms with Crippen molar-refractivity contribution in [3.63, 3.8) is 0 Å². The number of aliphatic hydroxyl groups is 1. The van der Waals surface area contributed by atoms with E-state index < -0.39 is 24.2 Å². The van der Waals surface area contributed by atoms with Gasteiger partial charge in [0.05, 0.1) is 23.7 Å². The SMILES string of the molecule is CO[C@H](/C=C/C(=O)Nc1ccccc1N)[C@H](OC(=O)Nc1cccc2ccccc12)c1ccc(OCCO)cc1. The number of anilines is 3. The van der Waals surface area contributed by atoms with E-state index in [1.54, 1.807) is 54.6 Å². The van der Waals surface area contributed by atoms with E-state index in [9.17, 15) is 9.59 Å². The van der Waals surface area contributed by atoms with Gasteiger partial charge in [-0.05, 0) is 47.4 Å². The molecule has 0 fully saturated rings. The fraction of sp³-hybridized carbons (Fsp3) is 0.161. The molecule has 4 aromatic rings. The molecule has 0 heterocycles. The van der Waals surface area contributed by atoms with Crippen molar-refractivity contribution in [1.82, 2.24) is 0 Å². The number of ether oxygens (including phenoxy) is 3. The zero-order chi connectivity index (χ0) is 28.3. The lowest BCUT2D eigenvalue weighted by Gasteiger charge is -2.25. The van der Waals surface area contributed by atoms with Gasteiger partial charge in [-0.1, -0.05) is 60.7 Å². The van der Waals surface area contributed by atoms with Gasteiger partial charge in [0.1, 0.15) is 18.5 Å². The molecule has 4 aromatic carbocycles. The van der Waals surface area contributed by atoms with E-state index in [-0.39, 0.29) is 13.2 Å². The number of rotatable bonds is 11. The van der Waals surface area contributed by atoms with Crippen molar-refractivity contribution in [2.24, 2.45) is 0 Å². The van der Waals surface area contributed by atoms with E-state index in [1.165, 1.54) is 19.3 Å². The van der Waals surface area contributed by atoms with Crippen molar-refractivity contribution in [3.8, 4) is 5.75 Å². The van der Waals surface area contributed by atoms with Crippen LogP contribution in [-0.4, -0.2) is 43.5 Å². The van der Waals surface area contributed by atoms with Crippen LogP contribution < -0.4 is 21.1 Å². The van der Waals surface area contributed by atoms with Crippen LogP contribution in [0.2, 0.25) is 0 Å². The van der Waals surface area contributed by atoms with Crippen LogP contribution in [0.25, 0.3) is 10.8 Å². The molecule has 5 N–H and O–H groups in total. The molecule has 0 unspecified atom stereocenters. The minimum absolute atomic E-state index is 0.116. The highest BCUT2D eigenvalue weighted by Gasteiger charge is 2.26. The molecule has 0 aliphatic heterocycles. The highest BCUT2D eigenvalue weighted by atomic mass is 16.6. The van der Waals surface area contributed by atoms with Crippen LogP contribution in [0.5, 0.6) is 5.75 Å². The summed E-state index contributed by atoms with van der Waals surface area (Å²) in [7, 11) is 1.46. The predicted molar refractivity (Wildman–Crippen MR) is 155 cm³/mol. The number of nitrogen functional groups attached to an aromatic ring is 1. The number of carbonyl (C=O) groups excluding carboxylic acids is 2. The molecule has 40 heavy (non-hydrogen) atoms. The lowest BCUT2D eigenvalue weighted by molar-refractivity contribution is -0.112. The molecule has 2 amide bonds. The van der Waals surface area contributed by atoms with Crippen LogP contribution >= 0.6 is 0 Å². The van der Waals surface area contributed by atoms with Gasteiger partial charge in [0.2, 0.25) is 5.91 Å². The van der Waals surface area contributed by atoms with Crippen molar-refractivity contribution >= 4 is 39.8 Å². The van der Waals surface area contributed by atoms with Gasteiger partial charge in [0, 0.05) is 18.6 Å². The van der Waals surface area contributed by atoms with Crippen molar-refractivity contribution in [2.45, 2.75) is 12.2 Å². The Morgan fingerprint density at radius 1 is 0.900 bits per heavy atom. The van der Waals surface area contributed by atoms with Crippen LogP contribution in [0.1, 0.15) is 11.7 Å². The number of hydrogen-bond acceptors (Lipinski definition) is 7. The van der Waals surface area contributed by atoms with E-state index in [0.29, 0.717) is 28.4 Å². The molecule has 0 aliphatic carbocycles. The maximum atomic E-state index is 13.1. The fourth-order valence-corrected chi connectivity index (χ4v) is 4.10. The maximum absolute atomic E-state index is 13.1. The van der Waals surface area contributed by atoms with Gasteiger partial charge in [-0.2, -0.15) is 0 Å². The molecule has 0 spiro atoms. The third-order valence-corrected chi connectivity index (χ3v) is 6.06. The van der Waals surface area contributed by atoms with E-state index in [0.717, 1.165) is 10.8 Å². The Labute approximate surface area is 232 Å². The van der Waals surface area contributed by atoms with Crippen molar-refractivity contribution in [3.05, 3.63) is 109 Å². The molecule has 0 aliphatic rings. The first-order valence-corrected chi connectivity index (χ1v) is 12.6. The number of benzene rings is 4. The average molecular weight is 542 g/mol. The number of nitrogens with two attached hydrogens (primary N) is 1. The summed E-state index contributed by atoms with van der Waals surface area (Å²) in [4.78, 5) is 25.7. The molecule has 9 heteroatoms. The second kappa shape index (κ2) is 13.8. The van der Waals surface area contributed by atoms with Crippen molar-refractivity contribution in [1.29, 1.82) is 0 Å². The summed E-state index contributed by atoms with van der Waals surface area (Å²) < 4.78 is 17.0. The Bertz CT molecular complexity index is 1470. The number of fused-ring (bicyclic) bond motifs is 1. The van der Waals surface area contributed by atoms with Crippen molar-refractivity contribution in [2.75, 3.05) is 36.7 Å². The maximum Gasteiger partial charge on any atom is 0.412 e. The predicted octanol–water partition coefficient (Wildman–Crippen LogP) is 5.29. The second-order valence-electron chi connectivity index (χ2n) is 8.75. The smallest absolute Gasteiger partial charge is 0.412 e. The summed E-state index contributed by atoms with van der Waals surface area (Å²) in [6, 6.07) is 27.0. The van der Waals surface area contributed by atoms with Crippen LogP contribution in [-0.2, 0) is 14.3 Å². The zero-order valence-corrected chi connectivity index (χ0v) is 21.9. The minimum Gasteiger partial charge on any atom is -0.491 e. The monoisotopic (exact) mass is 541 g/mol. The molecule has 0 saturated carbocycles. The molecule has 0 radical (unpaired) electrons. The molecule has 0 aromatic heterocycles. The first-order valence-electron chi connectivity index (χ1n) is 12.6. The van der Waals surface area contributed by atoms with Gasteiger partial charge in [-0.3, -0.25) is 10.1 Å². The van der Waals surface area contributed by atoms with Crippen molar-refractivity contribution < 1.29 is 28.9 Å². The van der Waals surface area contributed by atoms with E-state index in [4.69, 9.17) is 25.1 Å². The van der Waals surface area contributed by atoms with Crippen LogP contribution in [0.15, 0.2) is 103 Å². The number of hydrogen-bond donors (Lipinski definition) is 4. The number of aliphatic hydroxyl groups excluding tert-OH is 1. The Hall–Kier alpha value is -4.86. The molecular weight excluding hydrogens is 510 g/mol. The summed E-state index contributed by atoms with van der Waals surface area (Å²) >= 11 is 0. The molecule has 2 atom stereocenters. The molecule has 0 saturated heterocycles. The lowest BCUT2D eigenvalue weighted by Crippen LogP contribution is -2.27. The normalized spacial score (nSPS) is 12.6. The number of carbonyl (C=O) groups is 2. The largest absolute Gasteiger partial charge is 0.491 e. The Morgan fingerprint density at radius 2 is 1.60 bits per heavy atom. The standard InChI is InChI=1S/C31H31N3O6/c1-38-28(17-18-29(36)33-27-11-5-4-10-25(27)32)30(22-13-15-23(16-14-22)39-20-19-35)40-31(37)34-26-12-6-8-21-7-2-3-9-24(21)26/h2-18,28,30,35H,19-20,32H2,1H3,(H,33,36)(H,34,37)/b18-17+/t28-,30-/m1/s1. The van der Waals surface area contributed by atoms with Crippen LogP contribution in [0, 0.1) is 0 Å². The first-order chi connectivity index (χ1) is 19.5. The number of para-hydroxylation sites is 2. The Kier molecular flexibility index (Phi) is 9.71. The summed E-state index contributed by atoms with van der Waals surface area (Å²) in [5.74, 6) is 0.118. The van der Waals surface area contributed by atoms with Gasteiger partial charge < -0.3 is 30.4 Å². The minimum atomic E-state index is -0.919. The van der Waals surface area contributed by atoms with Crippen LogP contribution in [0.3, 0.4) is 0 Å². The molecule has 4 rings (SSSR count). The summed E-state index contributed by atoms with van der Waals surface area (Å²) in [5, 5.41) is 16.4. The third kappa shape index (κ3) is 7.37. The quantitative estimate of drug-likeness (QED) is 0.150. The lowest BCUT2D eigenvalue weighted by atomic mass is 10.0. The summed E-state index contributed by atoms with van der Waals surface area (Å²) in [6.45, 7) is 0.0340. The van der Waals surface area contributed by atoms with E-state index in [2.05, 4.69) is 10.6 Å². The Morgan fingerprint density at radius 3 is 2.35 bits per heavy atom. The highest BCUT2D eigenvalue weighted by molar-refractivity contribution is 6.01. The highest BCUT2D eigenvalue weighted by Crippen LogP contribution is 2.29. The van der Waals surface area contributed by atoms with Gasteiger partial charge in [-0.15, -0.1) is 0 Å². The van der Waals surface area contributed by atoms with Gasteiger partial charge in [-0.25, -0.2) is 4.79 Å². The third-order valence-electron chi connectivity index (χ3n) is 6.06. The Balaban J connectivity index is 1.56. The number of nitrogens with one attached hydrogen (secondary N) is 2. The summed E-state index contributed by atoms with van der Waals surface area (Å²) in [6.07, 6.45) is 0.386. The number of amides is 2. The molecular formula is C31H31N3O6. The van der Waals surface area contributed by atoms with Gasteiger partial charge in [0.15, 0.2) is 6.10 Å². The topological polar surface area (TPSA) is 132 Å². The van der Waals surface area contributed by atoms with E-state index >= 15 is 0 Å². The molecule has 9 nitrogen and oxygen atoms in total. The number of methoxy groups -OCH3 is 1. The van der Waals surface area contributed by atoms with Gasteiger partial charge in [0.25, 0.3) is 0 Å². The first kappa shape index (κ1) is 28.2. The second-order valence-corrected chi connectivity index (χ2v) is 8.75.